The standard InChI is InChI=1S/C29H37NO3/c1-5-30(6-2)21-22-33-28-17-13-26(14-18-28)29(31,25-11-15-27(32-4)16-12-25)20-19-24-9-7-23(3)8-10-24/h7-18,31H,5-6,19-22H2,1-4H3. The quantitative estimate of drug-likeness (QED) is 0.393. The minimum atomic E-state index is -1.11. The number of rotatable bonds is 12. The zero-order chi connectivity index (χ0) is 23.7. The summed E-state index contributed by atoms with van der Waals surface area (Å²) in [4.78, 5) is 2.34. The maximum absolute atomic E-state index is 11.9. The Bertz CT molecular complexity index is 963. The number of hydrogen-bond acceptors (Lipinski definition) is 4. The molecule has 176 valence electrons. The molecule has 0 aromatic heterocycles. The Morgan fingerprint density at radius 3 is 1.85 bits per heavy atom. The summed E-state index contributed by atoms with van der Waals surface area (Å²) in [5.41, 5.74) is 3.04. The van der Waals surface area contributed by atoms with Crippen LogP contribution in [0.4, 0.5) is 0 Å². The average molecular weight is 448 g/mol. The van der Waals surface area contributed by atoms with Gasteiger partial charge in [-0.25, -0.2) is 0 Å². The van der Waals surface area contributed by atoms with Crippen molar-refractivity contribution in [1.82, 2.24) is 4.90 Å². The molecule has 0 radical (unpaired) electrons. The normalized spacial score (nSPS) is 13.0. The van der Waals surface area contributed by atoms with E-state index >= 15 is 0 Å². The van der Waals surface area contributed by atoms with Crippen LogP contribution in [0.2, 0.25) is 0 Å². The molecule has 33 heavy (non-hydrogen) atoms. The Hall–Kier alpha value is -2.82. The predicted molar refractivity (Wildman–Crippen MR) is 135 cm³/mol. The van der Waals surface area contributed by atoms with E-state index in [1.165, 1.54) is 11.1 Å². The Balaban J connectivity index is 1.79. The zero-order valence-corrected chi connectivity index (χ0v) is 20.4. The molecule has 3 rings (SSSR count). The van der Waals surface area contributed by atoms with Crippen molar-refractivity contribution in [2.24, 2.45) is 0 Å². The number of nitrogens with zero attached hydrogens (tertiary/aromatic N) is 1. The van der Waals surface area contributed by atoms with Gasteiger partial charge < -0.3 is 19.5 Å². The molecular weight excluding hydrogens is 410 g/mol. The fourth-order valence-electron chi connectivity index (χ4n) is 4.06. The van der Waals surface area contributed by atoms with Gasteiger partial charge in [0.25, 0.3) is 0 Å². The molecule has 1 N–H and O–H groups in total. The second-order valence-corrected chi connectivity index (χ2v) is 8.47. The van der Waals surface area contributed by atoms with Crippen LogP contribution in [0.5, 0.6) is 11.5 Å². The lowest BCUT2D eigenvalue weighted by Crippen LogP contribution is -2.28. The van der Waals surface area contributed by atoms with Gasteiger partial charge in [0.1, 0.15) is 23.7 Å². The van der Waals surface area contributed by atoms with Crippen molar-refractivity contribution < 1.29 is 14.6 Å². The van der Waals surface area contributed by atoms with Gasteiger partial charge in [0, 0.05) is 6.54 Å². The Morgan fingerprint density at radius 1 is 0.788 bits per heavy atom. The Morgan fingerprint density at radius 2 is 1.33 bits per heavy atom. The van der Waals surface area contributed by atoms with Crippen molar-refractivity contribution in [3.8, 4) is 11.5 Å². The first-order valence-electron chi connectivity index (χ1n) is 11.9. The highest BCUT2D eigenvalue weighted by Gasteiger charge is 2.31. The SMILES string of the molecule is CCN(CC)CCOc1ccc(C(O)(CCc2ccc(C)cc2)c2ccc(OC)cc2)cc1. The maximum Gasteiger partial charge on any atom is 0.119 e. The molecule has 3 aromatic carbocycles. The Labute approximate surface area is 198 Å². The molecule has 3 aromatic rings. The maximum atomic E-state index is 11.9. The van der Waals surface area contributed by atoms with Crippen molar-refractivity contribution in [3.63, 3.8) is 0 Å². The van der Waals surface area contributed by atoms with Crippen molar-refractivity contribution >= 4 is 0 Å². The number of aliphatic hydroxyl groups is 1. The minimum Gasteiger partial charge on any atom is -0.497 e. The van der Waals surface area contributed by atoms with Gasteiger partial charge in [0.2, 0.25) is 0 Å². The van der Waals surface area contributed by atoms with Gasteiger partial charge in [0.05, 0.1) is 7.11 Å². The lowest BCUT2D eigenvalue weighted by atomic mass is 9.81. The van der Waals surface area contributed by atoms with Crippen LogP contribution in [0.1, 0.15) is 42.5 Å². The molecule has 0 heterocycles. The van der Waals surface area contributed by atoms with Crippen LogP contribution in [0, 0.1) is 6.92 Å². The number of likely N-dealkylation sites (N-methyl/N-ethyl adjacent to an activating group) is 1. The third-order valence-electron chi connectivity index (χ3n) is 6.37. The van der Waals surface area contributed by atoms with Crippen molar-refractivity contribution in [3.05, 3.63) is 95.1 Å². The molecule has 0 fully saturated rings. The van der Waals surface area contributed by atoms with E-state index in [0.717, 1.165) is 48.7 Å². The molecule has 0 aliphatic heterocycles. The van der Waals surface area contributed by atoms with E-state index in [1.807, 2.05) is 48.5 Å². The van der Waals surface area contributed by atoms with E-state index in [9.17, 15) is 5.11 Å². The molecule has 1 unspecified atom stereocenters. The summed E-state index contributed by atoms with van der Waals surface area (Å²) in [5, 5.41) is 11.9. The second-order valence-electron chi connectivity index (χ2n) is 8.47. The van der Waals surface area contributed by atoms with E-state index in [4.69, 9.17) is 9.47 Å². The van der Waals surface area contributed by atoms with Crippen LogP contribution in [-0.4, -0.2) is 43.4 Å². The number of hydrogen-bond donors (Lipinski definition) is 1. The van der Waals surface area contributed by atoms with Gasteiger partial charge in [-0.15, -0.1) is 0 Å². The third kappa shape index (κ3) is 6.59. The van der Waals surface area contributed by atoms with E-state index in [2.05, 4.69) is 49.9 Å². The molecule has 0 aliphatic carbocycles. The molecule has 0 aliphatic rings. The number of ether oxygens (including phenoxy) is 2. The van der Waals surface area contributed by atoms with Crippen LogP contribution < -0.4 is 9.47 Å². The molecule has 4 heteroatoms. The fourth-order valence-corrected chi connectivity index (χ4v) is 4.06. The summed E-state index contributed by atoms with van der Waals surface area (Å²) < 4.78 is 11.3. The van der Waals surface area contributed by atoms with Crippen molar-refractivity contribution in [2.75, 3.05) is 33.4 Å². The first-order chi connectivity index (χ1) is 16.0. The molecular formula is C29H37NO3. The molecule has 0 spiro atoms. The van der Waals surface area contributed by atoms with Crippen LogP contribution in [-0.2, 0) is 12.0 Å². The molecule has 0 amide bonds. The minimum absolute atomic E-state index is 0.574. The summed E-state index contributed by atoms with van der Waals surface area (Å²) in [7, 11) is 1.65. The second kappa shape index (κ2) is 11.9. The number of benzene rings is 3. The summed E-state index contributed by atoms with van der Waals surface area (Å²) in [6, 6.07) is 24.1. The van der Waals surface area contributed by atoms with Gasteiger partial charge in [-0.05, 0) is 73.8 Å². The highest BCUT2D eigenvalue weighted by atomic mass is 16.5. The topological polar surface area (TPSA) is 41.9 Å². The first kappa shape index (κ1) is 24.8. The Kier molecular flexibility index (Phi) is 8.93. The summed E-state index contributed by atoms with van der Waals surface area (Å²) in [6.07, 6.45) is 1.34. The fraction of sp³-hybridized carbons (Fsp3) is 0.379. The monoisotopic (exact) mass is 447 g/mol. The van der Waals surface area contributed by atoms with E-state index < -0.39 is 5.60 Å². The predicted octanol–water partition coefficient (Wildman–Crippen LogP) is 5.59. The summed E-state index contributed by atoms with van der Waals surface area (Å²) in [6.45, 7) is 10.0. The number of methoxy groups -OCH3 is 1. The summed E-state index contributed by atoms with van der Waals surface area (Å²) >= 11 is 0. The van der Waals surface area contributed by atoms with E-state index in [0.29, 0.717) is 13.0 Å². The largest absolute Gasteiger partial charge is 0.497 e. The van der Waals surface area contributed by atoms with Crippen LogP contribution >= 0.6 is 0 Å². The highest BCUT2D eigenvalue weighted by molar-refractivity contribution is 5.41. The van der Waals surface area contributed by atoms with E-state index in [-0.39, 0.29) is 0 Å². The summed E-state index contributed by atoms with van der Waals surface area (Å²) in [5.74, 6) is 1.60. The molecule has 4 nitrogen and oxygen atoms in total. The lowest BCUT2D eigenvalue weighted by Gasteiger charge is -2.30. The van der Waals surface area contributed by atoms with Gasteiger partial charge in [-0.1, -0.05) is 67.9 Å². The lowest BCUT2D eigenvalue weighted by molar-refractivity contribution is 0.0712. The van der Waals surface area contributed by atoms with Gasteiger partial charge in [-0.3, -0.25) is 0 Å². The molecule has 0 bridgehead atoms. The molecule has 0 saturated carbocycles. The van der Waals surface area contributed by atoms with Crippen LogP contribution in [0.3, 0.4) is 0 Å². The van der Waals surface area contributed by atoms with Crippen molar-refractivity contribution in [1.29, 1.82) is 0 Å². The smallest absolute Gasteiger partial charge is 0.119 e. The third-order valence-corrected chi connectivity index (χ3v) is 6.37. The van der Waals surface area contributed by atoms with Gasteiger partial charge in [0.15, 0.2) is 0 Å². The van der Waals surface area contributed by atoms with Crippen molar-refractivity contribution in [2.45, 2.75) is 39.2 Å². The van der Waals surface area contributed by atoms with Crippen LogP contribution in [0.25, 0.3) is 0 Å². The van der Waals surface area contributed by atoms with Gasteiger partial charge >= 0.3 is 0 Å². The first-order valence-corrected chi connectivity index (χ1v) is 11.9. The van der Waals surface area contributed by atoms with Crippen LogP contribution in [0.15, 0.2) is 72.8 Å². The molecule has 0 saturated heterocycles. The van der Waals surface area contributed by atoms with Gasteiger partial charge in [-0.2, -0.15) is 0 Å². The number of aryl methyl sites for hydroxylation is 2. The van der Waals surface area contributed by atoms with E-state index in [1.54, 1.807) is 7.11 Å². The molecule has 1 atom stereocenters. The highest BCUT2D eigenvalue weighted by Crippen LogP contribution is 2.36. The average Bonchev–Trinajstić information content (AvgIpc) is 2.86. The zero-order valence-electron chi connectivity index (χ0n) is 20.4.